The summed E-state index contributed by atoms with van der Waals surface area (Å²) in [6.45, 7) is 2.19. The van der Waals surface area contributed by atoms with Crippen molar-refractivity contribution in [1.82, 2.24) is 4.98 Å². The van der Waals surface area contributed by atoms with Gasteiger partial charge in [-0.1, -0.05) is 24.3 Å². The van der Waals surface area contributed by atoms with Crippen LogP contribution in [0.4, 0.5) is 5.69 Å². The van der Waals surface area contributed by atoms with E-state index in [1.54, 1.807) is 32.6 Å². The minimum Gasteiger partial charge on any atom is -0.493 e. The van der Waals surface area contributed by atoms with Gasteiger partial charge in [0.1, 0.15) is 6.61 Å². The number of hydrogen-bond acceptors (Lipinski definition) is 5. The molecule has 0 fully saturated rings. The van der Waals surface area contributed by atoms with Gasteiger partial charge >= 0.3 is 0 Å². The highest BCUT2D eigenvalue weighted by molar-refractivity contribution is 6.02. The van der Waals surface area contributed by atoms with E-state index in [0.29, 0.717) is 22.8 Å². The lowest BCUT2D eigenvalue weighted by Crippen LogP contribution is -2.09. The van der Waals surface area contributed by atoms with Gasteiger partial charge in [0.2, 0.25) is 11.7 Å². The largest absolute Gasteiger partial charge is 0.493 e. The molecule has 1 aromatic heterocycles. The second-order valence-corrected chi connectivity index (χ2v) is 6.47. The molecule has 6 nitrogen and oxygen atoms in total. The number of anilines is 1. The minimum absolute atomic E-state index is 0.241. The number of rotatable bonds is 8. The van der Waals surface area contributed by atoms with Crippen molar-refractivity contribution in [1.29, 1.82) is 0 Å². The summed E-state index contributed by atoms with van der Waals surface area (Å²) in [7, 11) is 3.11. The Kier molecular flexibility index (Phi) is 7.05. The van der Waals surface area contributed by atoms with Crippen LogP contribution in [0.3, 0.4) is 0 Å². The summed E-state index contributed by atoms with van der Waals surface area (Å²) in [6, 6.07) is 16.8. The summed E-state index contributed by atoms with van der Waals surface area (Å²) in [5.41, 5.74) is 3.22. The lowest BCUT2D eigenvalue weighted by Gasteiger charge is -2.16. The van der Waals surface area contributed by atoms with Crippen LogP contribution < -0.4 is 19.5 Å². The predicted octanol–water partition coefficient (Wildman–Crippen LogP) is 4.64. The zero-order chi connectivity index (χ0) is 21.3. The normalized spacial score (nSPS) is 10.6. The SMILES string of the molecule is COc1ccc(/C=C/C(=O)Nc2ccccc2C)c(OCc2ccccn2)c1OC. The first-order valence-corrected chi connectivity index (χ1v) is 9.44. The lowest BCUT2D eigenvalue weighted by atomic mass is 10.1. The Labute approximate surface area is 176 Å². The molecular weight excluding hydrogens is 380 g/mol. The summed E-state index contributed by atoms with van der Waals surface area (Å²) >= 11 is 0. The number of nitrogens with one attached hydrogen (secondary N) is 1. The smallest absolute Gasteiger partial charge is 0.248 e. The Hall–Kier alpha value is -3.80. The van der Waals surface area contributed by atoms with Gasteiger partial charge < -0.3 is 19.5 Å². The topological polar surface area (TPSA) is 69.7 Å². The number of hydrogen-bond donors (Lipinski definition) is 1. The fourth-order valence-electron chi connectivity index (χ4n) is 2.88. The van der Waals surface area contributed by atoms with Crippen LogP contribution in [0.1, 0.15) is 16.8 Å². The van der Waals surface area contributed by atoms with Crippen molar-refractivity contribution in [3.63, 3.8) is 0 Å². The second kappa shape index (κ2) is 10.1. The van der Waals surface area contributed by atoms with E-state index >= 15 is 0 Å². The molecule has 0 aliphatic heterocycles. The molecule has 0 unspecified atom stereocenters. The molecule has 0 radical (unpaired) electrons. The summed E-state index contributed by atoms with van der Waals surface area (Å²) in [5.74, 6) is 1.22. The first-order chi connectivity index (χ1) is 14.6. The molecule has 154 valence electrons. The molecule has 0 spiro atoms. The van der Waals surface area contributed by atoms with Crippen LogP contribution >= 0.6 is 0 Å². The molecule has 1 amide bonds. The summed E-state index contributed by atoms with van der Waals surface area (Å²) in [4.78, 5) is 16.7. The van der Waals surface area contributed by atoms with Gasteiger partial charge in [-0.3, -0.25) is 9.78 Å². The molecule has 3 rings (SSSR count). The zero-order valence-corrected chi connectivity index (χ0v) is 17.2. The molecule has 3 aromatic rings. The standard InChI is InChI=1S/C24H24N2O4/c1-17-8-4-5-10-20(17)26-22(27)14-12-18-11-13-21(28-2)24(29-3)23(18)30-16-19-9-6-7-15-25-19/h4-15H,16H2,1-3H3,(H,26,27)/b14-12+. The second-order valence-electron chi connectivity index (χ2n) is 6.47. The number of para-hydroxylation sites is 1. The van der Waals surface area contributed by atoms with E-state index in [-0.39, 0.29) is 12.5 Å². The maximum Gasteiger partial charge on any atom is 0.248 e. The molecule has 0 aliphatic carbocycles. The molecule has 30 heavy (non-hydrogen) atoms. The summed E-state index contributed by atoms with van der Waals surface area (Å²) < 4.78 is 16.9. The van der Waals surface area contributed by atoms with Crippen LogP contribution in [0, 0.1) is 6.92 Å². The average molecular weight is 404 g/mol. The monoisotopic (exact) mass is 404 g/mol. The van der Waals surface area contributed by atoms with Crippen molar-refractivity contribution in [3.8, 4) is 17.2 Å². The Morgan fingerprint density at radius 2 is 1.80 bits per heavy atom. The third-order valence-corrected chi connectivity index (χ3v) is 4.44. The van der Waals surface area contributed by atoms with E-state index in [2.05, 4.69) is 10.3 Å². The van der Waals surface area contributed by atoms with Crippen LogP contribution in [0.15, 0.2) is 66.9 Å². The van der Waals surface area contributed by atoms with E-state index < -0.39 is 0 Å². The van der Waals surface area contributed by atoms with E-state index in [9.17, 15) is 4.79 Å². The molecule has 0 aliphatic rings. The molecule has 0 saturated carbocycles. The first kappa shape index (κ1) is 20.9. The highest BCUT2D eigenvalue weighted by atomic mass is 16.5. The number of ether oxygens (including phenoxy) is 3. The number of carbonyl (C=O) groups is 1. The lowest BCUT2D eigenvalue weighted by molar-refractivity contribution is -0.111. The number of aromatic nitrogens is 1. The molecule has 1 heterocycles. The number of nitrogens with zero attached hydrogens (tertiary/aromatic N) is 1. The Morgan fingerprint density at radius 1 is 1.00 bits per heavy atom. The van der Waals surface area contributed by atoms with Crippen molar-refractivity contribution < 1.29 is 19.0 Å². The minimum atomic E-state index is -0.241. The van der Waals surface area contributed by atoms with Crippen LogP contribution in [0.2, 0.25) is 0 Å². The molecular formula is C24H24N2O4. The van der Waals surface area contributed by atoms with Crippen LogP contribution in [0.5, 0.6) is 17.2 Å². The van der Waals surface area contributed by atoms with E-state index in [1.807, 2.05) is 55.5 Å². The average Bonchev–Trinajstić information content (AvgIpc) is 2.78. The van der Waals surface area contributed by atoms with Crippen molar-refractivity contribution in [2.45, 2.75) is 13.5 Å². The summed E-state index contributed by atoms with van der Waals surface area (Å²) in [6.07, 6.45) is 4.85. The molecule has 0 bridgehead atoms. The van der Waals surface area contributed by atoms with Gasteiger partial charge in [0.15, 0.2) is 11.5 Å². The maximum atomic E-state index is 12.4. The summed E-state index contributed by atoms with van der Waals surface area (Å²) in [5, 5.41) is 2.88. The number of carbonyl (C=O) groups excluding carboxylic acids is 1. The van der Waals surface area contributed by atoms with Gasteiger partial charge in [0.25, 0.3) is 0 Å². The van der Waals surface area contributed by atoms with E-state index in [4.69, 9.17) is 14.2 Å². The molecule has 1 N–H and O–H groups in total. The molecule has 0 saturated heterocycles. The van der Waals surface area contributed by atoms with Gasteiger partial charge in [0, 0.05) is 23.5 Å². The zero-order valence-electron chi connectivity index (χ0n) is 17.2. The fraction of sp³-hybridized carbons (Fsp3) is 0.167. The van der Waals surface area contributed by atoms with Gasteiger partial charge in [-0.15, -0.1) is 0 Å². The first-order valence-electron chi connectivity index (χ1n) is 9.44. The number of methoxy groups -OCH3 is 2. The van der Waals surface area contributed by atoms with Crippen LogP contribution in [-0.2, 0) is 11.4 Å². The van der Waals surface area contributed by atoms with Crippen LogP contribution in [-0.4, -0.2) is 25.1 Å². The Bertz CT molecular complexity index is 1030. The Balaban J connectivity index is 1.84. The number of benzene rings is 2. The number of aryl methyl sites for hydroxylation is 1. The molecule has 6 heteroatoms. The molecule has 2 aromatic carbocycles. The predicted molar refractivity (Wildman–Crippen MR) is 117 cm³/mol. The van der Waals surface area contributed by atoms with Crippen molar-refractivity contribution in [2.24, 2.45) is 0 Å². The van der Waals surface area contributed by atoms with E-state index in [0.717, 1.165) is 16.9 Å². The van der Waals surface area contributed by atoms with Gasteiger partial charge in [-0.2, -0.15) is 0 Å². The van der Waals surface area contributed by atoms with Gasteiger partial charge in [0.05, 0.1) is 19.9 Å². The highest BCUT2D eigenvalue weighted by Crippen LogP contribution is 2.40. The number of amides is 1. The van der Waals surface area contributed by atoms with Crippen molar-refractivity contribution in [2.75, 3.05) is 19.5 Å². The van der Waals surface area contributed by atoms with Crippen molar-refractivity contribution in [3.05, 3.63) is 83.7 Å². The van der Waals surface area contributed by atoms with Crippen molar-refractivity contribution >= 4 is 17.7 Å². The van der Waals surface area contributed by atoms with Gasteiger partial charge in [-0.25, -0.2) is 0 Å². The maximum absolute atomic E-state index is 12.4. The third-order valence-electron chi connectivity index (χ3n) is 4.44. The molecule has 0 atom stereocenters. The van der Waals surface area contributed by atoms with Crippen LogP contribution in [0.25, 0.3) is 6.08 Å². The fourth-order valence-corrected chi connectivity index (χ4v) is 2.88. The number of pyridine rings is 1. The Morgan fingerprint density at radius 3 is 2.50 bits per heavy atom. The quantitative estimate of drug-likeness (QED) is 0.554. The van der Waals surface area contributed by atoms with E-state index in [1.165, 1.54) is 6.08 Å². The van der Waals surface area contributed by atoms with Gasteiger partial charge in [-0.05, 0) is 48.9 Å². The highest BCUT2D eigenvalue weighted by Gasteiger charge is 2.16. The third kappa shape index (κ3) is 5.17.